The Morgan fingerprint density at radius 1 is 0.500 bits per heavy atom. The van der Waals surface area contributed by atoms with Crippen molar-refractivity contribution in [1.82, 2.24) is 0 Å². The zero-order valence-corrected chi connectivity index (χ0v) is 15.0. The Morgan fingerprint density at radius 3 is 1.25 bits per heavy atom. The molecule has 0 fully saturated rings. The van der Waals surface area contributed by atoms with Crippen LogP contribution >= 0.6 is 0 Å². The number of phenolic OH excluding ortho intramolecular Hbond substituents is 2. The van der Waals surface area contributed by atoms with E-state index in [0.717, 1.165) is 22.3 Å². The Bertz CT molecular complexity index is 1040. The Kier molecular flexibility index (Phi) is 4.65. The van der Waals surface area contributed by atoms with Gasteiger partial charge in [0.2, 0.25) is 0 Å². The Balaban J connectivity index is 1.82. The number of hydrogen-bond acceptors (Lipinski definition) is 3. The average molecular weight is 366 g/mol. The lowest BCUT2D eigenvalue weighted by atomic mass is 9.90. The molecule has 0 amide bonds. The van der Waals surface area contributed by atoms with Crippen LogP contribution in [0.1, 0.15) is 15.9 Å². The molecule has 3 heteroatoms. The van der Waals surface area contributed by atoms with Gasteiger partial charge in [0.05, 0.1) is 0 Å². The number of hydrogen-bond donors (Lipinski definition) is 2. The smallest absolute Gasteiger partial charge is 0.194 e. The molecular weight excluding hydrogens is 348 g/mol. The maximum absolute atomic E-state index is 13.5. The highest BCUT2D eigenvalue weighted by molar-refractivity contribution is 6.16. The van der Waals surface area contributed by atoms with E-state index in [0.29, 0.717) is 11.1 Å². The minimum absolute atomic E-state index is 0.0765. The minimum Gasteiger partial charge on any atom is -0.508 e. The number of carbonyl (C=O) groups is 1. The summed E-state index contributed by atoms with van der Waals surface area (Å²) in [5, 5.41) is 19.1. The molecule has 0 spiro atoms. The first kappa shape index (κ1) is 17.6. The highest BCUT2D eigenvalue weighted by atomic mass is 16.3. The van der Waals surface area contributed by atoms with Gasteiger partial charge in [0.25, 0.3) is 0 Å². The summed E-state index contributed by atoms with van der Waals surface area (Å²) < 4.78 is 0. The number of aromatic hydroxyl groups is 2. The lowest BCUT2D eigenvalue weighted by Gasteiger charge is -2.13. The number of rotatable bonds is 4. The fourth-order valence-electron chi connectivity index (χ4n) is 3.29. The van der Waals surface area contributed by atoms with Gasteiger partial charge in [-0.1, -0.05) is 72.8 Å². The maximum atomic E-state index is 13.5. The monoisotopic (exact) mass is 366 g/mol. The molecule has 0 saturated carbocycles. The highest BCUT2D eigenvalue weighted by Gasteiger charge is 2.18. The van der Waals surface area contributed by atoms with Crippen LogP contribution in [-0.4, -0.2) is 16.0 Å². The molecule has 0 aliphatic carbocycles. The topological polar surface area (TPSA) is 57.5 Å². The van der Waals surface area contributed by atoms with Crippen molar-refractivity contribution in [2.75, 3.05) is 0 Å². The molecule has 3 nitrogen and oxygen atoms in total. The van der Waals surface area contributed by atoms with Crippen LogP contribution in [0.25, 0.3) is 22.3 Å². The summed E-state index contributed by atoms with van der Waals surface area (Å²) in [7, 11) is 0. The van der Waals surface area contributed by atoms with Crippen LogP contribution in [0.2, 0.25) is 0 Å². The first-order valence-electron chi connectivity index (χ1n) is 8.95. The van der Waals surface area contributed by atoms with Crippen molar-refractivity contribution < 1.29 is 15.0 Å². The minimum atomic E-state index is -0.0765. The van der Waals surface area contributed by atoms with Gasteiger partial charge >= 0.3 is 0 Å². The van der Waals surface area contributed by atoms with Gasteiger partial charge in [-0.2, -0.15) is 0 Å². The first-order chi connectivity index (χ1) is 13.6. The molecule has 0 saturated heterocycles. The quantitative estimate of drug-likeness (QED) is 0.458. The summed E-state index contributed by atoms with van der Waals surface area (Å²) in [5.74, 6) is 0.294. The molecule has 4 rings (SSSR count). The normalized spacial score (nSPS) is 10.6. The number of ketones is 1. The first-order valence-corrected chi connectivity index (χ1v) is 8.95. The summed E-state index contributed by atoms with van der Waals surface area (Å²) in [5.41, 5.74) is 4.55. The van der Waals surface area contributed by atoms with Crippen molar-refractivity contribution in [3.63, 3.8) is 0 Å². The SMILES string of the molecule is O=C(c1ccccc1-c1ccc(O)cc1)c1ccccc1-c1ccc(O)cc1. The van der Waals surface area contributed by atoms with E-state index in [9.17, 15) is 15.0 Å². The summed E-state index contributed by atoms with van der Waals surface area (Å²) in [6.07, 6.45) is 0. The lowest BCUT2D eigenvalue weighted by Crippen LogP contribution is -2.05. The Morgan fingerprint density at radius 2 is 0.857 bits per heavy atom. The van der Waals surface area contributed by atoms with Crippen LogP contribution in [0, 0.1) is 0 Å². The summed E-state index contributed by atoms with van der Waals surface area (Å²) >= 11 is 0. The second kappa shape index (κ2) is 7.41. The molecule has 0 atom stereocenters. The third-order valence-electron chi connectivity index (χ3n) is 4.70. The van der Waals surface area contributed by atoms with E-state index in [1.807, 2.05) is 48.5 Å². The van der Waals surface area contributed by atoms with Crippen LogP contribution in [-0.2, 0) is 0 Å². The third-order valence-corrected chi connectivity index (χ3v) is 4.70. The molecule has 4 aromatic carbocycles. The summed E-state index contributed by atoms with van der Waals surface area (Å²) in [6, 6.07) is 28.6. The highest BCUT2D eigenvalue weighted by Crippen LogP contribution is 2.31. The summed E-state index contributed by atoms with van der Waals surface area (Å²) in [6.45, 7) is 0. The van der Waals surface area contributed by atoms with Crippen LogP contribution in [0.3, 0.4) is 0 Å². The lowest BCUT2D eigenvalue weighted by molar-refractivity contribution is 0.104. The molecule has 2 N–H and O–H groups in total. The maximum Gasteiger partial charge on any atom is 0.194 e. The molecule has 136 valence electrons. The molecule has 0 aliphatic rings. The van der Waals surface area contributed by atoms with Crippen LogP contribution in [0.4, 0.5) is 0 Å². The van der Waals surface area contributed by atoms with Gasteiger partial charge in [0.1, 0.15) is 11.5 Å². The Hall–Kier alpha value is -3.85. The molecule has 0 heterocycles. The van der Waals surface area contributed by atoms with E-state index in [4.69, 9.17) is 0 Å². The van der Waals surface area contributed by atoms with Gasteiger partial charge in [-0.15, -0.1) is 0 Å². The van der Waals surface area contributed by atoms with E-state index in [2.05, 4.69) is 0 Å². The van der Waals surface area contributed by atoms with Crippen molar-refractivity contribution in [1.29, 1.82) is 0 Å². The fraction of sp³-hybridized carbons (Fsp3) is 0. The third kappa shape index (κ3) is 3.38. The van der Waals surface area contributed by atoms with Gasteiger partial charge < -0.3 is 10.2 Å². The van der Waals surface area contributed by atoms with E-state index in [1.54, 1.807) is 48.5 Å². The van der Waals surface area contributed by atoms with Crippen molar-refractivity contribution in [3.05, 3.63) is 108 Å². The zero-order valence-electron chi connectivity index (χ0n) is 15.0. The van der Waals surface area contributed by atoms with E-state index < -0.39 is 0 Å². The largest absolute Gasteiger partial charge is 0.508 e. The fourth-order valence-corrected chi connectivity index (χ4v) is 3.29. The Labute approximate surface area is 163 Å². The van der Waals surface area contributed by atoms with Crippen molar-refractivity contribution in [2.24, 2.45) is 0 Å². The van der Waals surface area contributed by atoms with Gasteiger partial charge in [-0.25, -0.2) is 0 Å². The molecule has 28 heavy (non-hydrogen) atoms. The number of benzene rings is 4. The molecular formula is C25H18O3. The van der Waals surface area contributed by atoms with E-state index in [1.165, 1.54) is 0 Å². The van der Waals surface area contributed by atoms with Crippen molar-refractivity contribution in [2.45, 2.75) is 0 Å². The molecule has 0 aliphatic heterocycles. The van der Waals surface area contributed by atoms with Crippen LogP contribution < -0.4 is 0 Å². The van der Waals surface area contributed by atoms with Crippen molar-refractivity contribution >= 4 is 5.78 Å². The van der Waals surface area contributed by atoms with Crippen LogP contribution in [0.15, 0.2) is 97.1 Å². The van der Waals surface area contributed by atoms with Gasteiger partial charge in [0, 0.05) is 11.1 Å². The molecule has 0 bridgehead atoms. The summed E-state index contributed by atoms with van der Waals surface area (Å²) in [4.78, 5) is 13.5. The number of carbonyl (C=O) groups excluding carboxylic acids is 1. The molecule has 0 aromatic heterocycles. The van der Waals surface area contributed by atoms with Crippen LogP contribution in [0.5, 0.6) is 11.5 Å². The predicted octanol–water partition coefficient (Wildman–Crippen LogP) is 5.66. The second-order valence-electron chi connectivity index (χ2n) is 6.51. The van der Waals surface area contributed by atoms with Gasteiger partial charge in [-0.05, 0) is 46.5 Å². The zero-order chi connectivity index (χ0) is 19.5. The number of phenols is 2. The molecule has 0 radical (unpaired) electrons. The molecule has 4 aromatic rings. The van der Waals surface area contributed by atoms with E-state index in [-0.39, 0.29) is 17.3 Å². The molecule has 0 unspecified atom stereocenters. The van der Waals surface area contributed by atoms with Gasteiger partial charge in [-0.3, -0.25) is 4.79 Å². The standard InChI is InChI=1S/C25H18O3/c26-19-13-9-17(10-14-19)21-5-1-3-7-23(21)25(28)24-8-4-2-6-22(24)18-11-15-20(27)16-12-18/h1-16,26-27H. The van der Waals surface area contributed by atoms with Crippen molar-refractivity contribution in [3.8, 4) is 33.8 Å². The predicted molar refractivity (Wildman–Crippen MR) is 111 cm³/mol. The van der Waals surface area contributed by atoms with E-state index >= 15 is 0 Å². The van der Waals surface area contributed by atoms with Gasteiger partial charge in [0.15, 0.2) is 5.78 Å². The average Bonchev–Trinajstić information content (AvgIpc) is 2.74. The second-order valence-corrected chi connectivity index (χ2v) is 6.51.